The third-order valence-corrected chi connectivity index (χ3v) is 4.36. The van der Waals surface area contributed by atoms with Crippen LogP contribution in [0.1, 0.15) is 11.5 Å². The van der Waals surface area contributed by atoms with E-state index in [4.69, 9.17) is 8.83 Å². The van der Waals surface area contributed by atoms with E-state index in [-0.39, 0.29) is 0 Å². The molecule has 4 nitrogen and oxygen atoms in total. The van der Waals surface area contributed by atoms with Gasteiger partial charge in [0.2, 0.25) is 5.89 Å². The van der Waals surface area contributed by atoms with Crippen molar-refractivity contribution in [3.05, 3.63) is 66.1 Å². The molecule has 0 radical (unpaired) electrons. The molecule has 0 fully saturated rings. The van der Waals surface area contributed by atoms with Crippen LogP contribution in [0.2, 0.25) is 0 Å². The maximum Gasteiger partial charge on any atom is 0.257 e. The molecule has 0 atom stereocenters. The maximum atomic E-state index is 5.77. The lowest BCUT2D eigenvalue weighted by atomic mass is 10.2. The van der Waals surface area contributed by atoms with Crippen LogP contribution >= 0.6 is 11.8 Å². The molecule has 114 valence electrons. The van der Waals surface area contributed by atoms with Crippen LogP contribution in [-0.2, 0) is 5.75 Å². The molecule has 0 aliphatic rings. The predicted molar refractivity (Wildman–Crippen MR) is 90.2 cm³/mol. The van der Waals surface area contributed by atoms with Crippen LogP contribution in [0.15, 0.2) is 68.7 Å². The summed E-state index contributed by atoms with van der Waals surface area (Å²) < 4.78 is 11.5. The molecule has 0 spiro atoms. The fraction of sp³-hybridized carbons (Fsp3) is 0.111. The summed E-state index contributed by atoms with van der Waals surface area (Å²) in [6.45, 7) is 1.93. The van der Waals surface area contributed by atoms with Crippen LogP contribution in [0.5, 0.6) is 0 Å². The van der Waals surface area contributed by atoms with E-state index in [9.17, 15) is 0 Å². The first-order valence-electron chi connectivity index (χ1n) is 7.30. The highest BCUT2D eigenvalue weighted by molar-refractivity contribution is 7.98. The number of oxazole rings is 2. The molecule has 0 bridgehead atoms. The molecule has 2 heterocycles. The molecule has 2 aromatic carbocycles. The van der Waals surface area contributed by atoms with Crippen molar-refractivity contribution in [3.63, 3.8) is 0 Å². The lowest BCUT2D eigenvalue weighted by Crippen LogP contribution is -1.84. The second kappa shape index (κ2) is 5.93. The van der Waals surface area contributed by atoms with Crippen molar-refractivity contribution in [2.24, 2.45) is 0 Å². The fourth-order valence-electron chi connectivity index (χ4n) is 2.31. The average molecular weight is 322 g/mol. The summed E-state index contributed by atoms with van der Waals surface area (Å²) in [4.78, 5) is 9.05. The van der Waals surface area contributed by atoms with Gasteiger partial charge in [0.05, 0.1) is 5.69 Å². The zero-order valence-corrected chi connectivity index (χ0v) is 13.3. The summed E-state index contributed by atoms with van der Waals surface area (Å²) in [5.41, 5.74) is 3.57. The Kier molecular flexibility index (Phi) is 3.63. The number of hydrogen-bond acceptors (Lipinski definition) is 5. The highest BCUT2D eigenvalue weighted by atomic mass is 32.2. The lowest BCUT2D eigenvalue weighted by Gasteiger charge is -1.93. The summed E-state index contributed by atoms with van der Waals surface area (Å²) in [6, 6.07) is 17.7. The van der Waals surface area contributed by atoms with E-state index in [1.807, 2.05) is 61.5 Å². The van der Waals surface area contributed by atoms with Gasteiger partial charge in [-0.25, -0.2) is 9.97 Å². The van der Waals surface area contributed by atoms with Crippen LogP contribution in [0.3, 0.4) is 0 Å². The van der Waals surface area contributed by atoms with E-state index in [2.05, 4.69) is 9.97 Å². The molecule has 2 aromatic heterocycles. The first kappa shape index (κ1) is 14.1. The van der Waals surface area contributed by atoms with Crippen LogP contribution in [0.25, 0.3) is 22.6 Å². The normalized spacial score (nSPS) is 11.2. The van der Waals surface area contributed by atoms with Gasteiger partial charge < -0.3 is 8.83 Å². The number of hydrogen-bond donors (Lipinski definition) is 0. The highest BCUT2D eigenvalue weighted by Crippen LogP contribution is 2.29. The Morgan fingerprint density at radius 3 is 2.52 bits per heavy atom. The van der Waals surface area contributed by atoms with Crippen molar-refractivity contribution < 1.29 is 8.83 Å². The van der Waals surface area contributed by atoms with Crippen molar-refractivity contribution >= 4 is 22.9 Å². The Hall–Kier alpha value is -2.53. The Bertz CT molecular complexity index is 911. The number of benzene rings is 2. The smallest absolute Gasteiger partial charge is 0.257 e. The quantitative estimate of drug-likeness (QED) is 0.490. The molecule has 0 saturated heterocycles. The molecule has 0 aliphatic heterocycles. The van der Waals surface area contributed by atoms with Gasteiger partial charge in [-0.3, -0.25) is 0 Å². The zero-order valence-electron chi connectivity index (χ0n) is 12.5. The minimum absolute atomic E-state index is 0.648. The number of rotatable bonds is 4. The molecular weight excluding hydrogens is 308 g/mol. The molecule has 4 aromatic rings. The monoisotopic (exact) mass is 322 g/mol. The van der Waals surface area contributed by atoms with Crippen LogP contribution in [0, 0.1) is 6.92 Å². The van der Waals surface area contributed by atoms with Crippen molar-refractivity contribution in [1.29, 1.82) is 0 Å². The van der Waals surface area contributed by atoms with Gasteiger partial charge in [-0.1, -0.05) is 42.1 Å². The second-order valence-electron chi connectivity index (χ2n) is 5.12. The van der Waals surface area contributed by atoms with Gasteiger partial charge in [0.25, 0.3) is 5.22 Å². The largest absolute Gasteiger partial charge is 0.441 e. The van der Waals surface area contributed by atoms with Crippen molar-refractivity contribution in [3.8, 4) is 11.5 Å². The topological polar surface area (TPSA) is 52.1 Å². The van der Waals surface area contributed by atoms with Gasteiger partial charge in [0, 0.05) is 11.3 Å². The Morgan fingerprint density at radius 2 is 1.70 bits per heavy atom. The lowest BCUT2D eigenvalue weighted by molar-refractivity contribution is 0.489. The zero-order chi connectivity index (χ0) is 15.6. The number of nitrogens with zero attached hydrogens (tertiary/aromatic N) is 2. The van der Waals surface area contributed by atoms with E-state index in [0.717, 1.165) is 28.1 Å². The van der Waals surface area contributed by atoms with Gasteiger partial charge in [-0.2, -0.15) is 0 Å². The molecule has 23 heavy (non-hydrogen) atoms. The molecule has 0 amide bonds. The fourth-order valence-corrected chi connectivity index (χ4v) is 3.15. The van der Waals surface area contributed by atoms with Crippen molar-refractivity contribution in [2.75, 3.05) is 0 Å². The van der Waals surface area contributed by atoms with Crippen molar-refractivity contribution in [1.82, 2.24) is 9.97 Å². The molecular formula is C18H14N2O2S. The van der Waals surface area contributed by atoms with Crippen LogP contribution < -0.4 is 0 Å². The van der Waals surface area contributed by atoms with Gasteiger partial charge in [0.15, 0.2) is 5.58 Å². The Morgan fingerprint density at radius 1 is 0.913 bits per heavy atom. The summed E-state index contributed by atoms with van der Waals surface area (Å²) in [6.07, 6.45) is 0. The van der Waals surface area contributed by atoms with E-state index in [1.165, 1.54) is 11.8 Å². The second-order valence-corrected chi connectivity index (χ2v) is 6.05. The number of aryl methyl sites for hydroxylation is 1. The highest BCUT2D eigenvalue weighted by Gasteiger charge is 2.13. The third-order valence-electron chi connectivity index (χ3n) is 3.52. The van der Waals surface area contributed by atoms with E-state index < -0.39 is 0 Å². The first-order chi connectivity index (χ1) is 11.3. The summed E-state index contributed by atoms with van der Waals surface area (Å²) in [5, 5.41) is 0.648. The van der Waals surface area contributed by atoms with Gasteiger partial charge >= 0.3 is 0 Å². The molecule has 5 heteroatoms. The number of fused-ring (bicyclic) bond motifs is 1. The number of thioether (sulfide) groups is 1. The summed E-state index contributed by atoms with van der Waals surface area (Å²) >= 11 is 1.52. The maximum absolute atomic E-state index is 5.77. The SMILES string of the molecule is Cc1oc(-c2ccccc2)nc1CSc1nc2ccccc2o1. The minimum Gasteiger partial charge on any atom is -0.441 e. The Labute approximate surface area is 137 Å². The molecule has 0 N–H and O–H groups in total. The molecule has 4 rings (SSSR count). The summed E-state index contributed by atoms with van der Waals surface area (Å²) in [5.74, 6) is 2.14. The first-order valence-corrected chi connectivity index (χ1v) is 8.28. The average Bonchev–Trinajstić information content (AvgIpc) is 3.16. The molecule has 0 aliphatic carbocycles. The molecule has 0 saturated carbocycles. The predicted octanol–water partition coefficient (Wildman–Crippen LogP) is 5.08. The number of aromatic nitrogens is 2. The number of para-hydroxylation sites is 2. The van der Waals surface area contributed by atoms with Gasteiger partial charge in [0.1, 0.15) is 11.3 Å². The molecule has 0 unspecified atom stereocenters. The van der Waals surface area contributed by atoms with E-state index in [1.54, 1.807) is 0 Å². The van der Waals surface area contributed by atoms with Crippen LogP contribution in [0.4, 0.5) is 0 Å². The minimum atomic E-state index is 0.648. The van der Waals surface area contributed by atoms with E-state index in [0.29, 0.717) is 16.9 Å². The van der Waals surface area contributed by atoms with Gasteiger partial charge in [-0.05, 0) is 31.2 Å². The van der Waals surface area contributed by atoms with Crippen LogP contribution in [-0.4, -0.2) is 9.97 Å². The third kappa shape index (κ3) is 2.87. The standard InChI is InChI=1S/C18H14N2O2S/c1-12-15(19-17(21-12)13-7-3-2-4-8-13)11-23-18-20-14-9-5-6-10-16(14)22-18/h2-10H,11H2,1H3. The Balaban J connectivity index is 1.54. The summed E-state index contributed by atoms with van der Waals surface area (Å²) in [7, 11) is 0. The van der Waals surface area contributed by atoms with E-state index >= 15 is 0 Å². The van der Waals surface area contributed by atoms with Gasteiger partial charge in [-0.15, -0.1) is 0 Å². The van der Waals surface area contributed by atoms with Crippen molar-refractivity contribution in [2.45, 2.75) is 17.9 Å².